The average molecular weight is 1240 g/mol. The lowest BCUT2D eigenvalue weighted by atomic mass is 9.86. The molecule has 0 bridgehead atoms. The van der Waals surface area contributed by atoms with Crippen LogP contribution in [0.2, 0.25) is 25.9 Å². The highest BCUT2D eigenvalue weighted by Crippen LogP contribution is 2.58. The van der Waals surface area contributed by atoms with Crippen LogP contribution >= 0.6 is 0 Å². The standard InChI is InChI=1S/C80H67N7OSi3/c1-89(2,77-81-67(56-31-11-5-12-32-56)54-68(82-77)57-33-13-6-14-34-57)80(90(3,4)78-83-69(58-35-15-7-16-36-58)55-70(84-78)59-37-17-8-18-38-59)64-45-23-28-51-74(64)88-76-65(80)46-30-52-75(76)91(61-40-19-9-20-41-61,62-42-21-10-22-43-62)63-44-29-39-60(53-63)86-72-49-26-27-50-73(72)87-71-48-25-24-47-66(71)85-79(86)87/h5-7,9-17,19-55,65,76H,8,18H2,1-4H3/i1D3,2D3,3D3,4D3. The molecule has 11 heteroatoms. The molecule has 16 rings (SSSR count). The number of nitrogens with zero attached hydrogens (tertiary/aromatic N) is 7. The summed E-state index contributed by atoms with van der Waals surface area (Å²) in [6.07, 6.45) is 10.7. The summed E-state index contributed by atoms with van der Waals surface area (Å²) in [4.78, 5) is 26.7. The maximum absolute atomic E-state index is 10.9. The highest BCUT2D eigenvalue weighted by atomic mass is 28.4. The second-order valence-corrected chi connectivity index (χ2v) is 33.4. The van der Waals surface area contributed by atoms with Gasteiger partial charge in [0.25, 0.3) is 0 Å². The van der Waals surface area contributed by atoms with Crippen LogP contribution in [0.25, 0.3) is 72.9 Å². The minimum atomic E-state index is -6.79. The Kier molecular flexibility index (Phi) is 10.9. The maximum Gasteiger partial charge on any atom is 0.220 e. The Morgan fingerprint density at radius 1 is 0.484 bits per heavy atom. The number of aromatic nitrogens is 7. The third-order valence-electron chi connectivity index (χ3n) is 18.6. The SMILES string of the molecule is [2H]C([2H])([2H])[Si](c1nc(C2=CCCC=C2)cc(-c2ccccc2)n1)(C([2H])([2H])[2H])C1([Si](c2nc(-c3ccccc3)cc(-c3ccccc3)n2)(C([2H])([2H])[2H])C([2H])([2H])[2H])c2ccccc2OC2C([Si](c3ccccc3)(c3ccccc3)c3cccc(-n4c5ccccc5n5c6ccccc6nc45)c3)=CC=CC21. The van der Waals surface area contributed by atoms with Gasteiger partial charge in [0.2, 0.25) is 5.78 Å². The molecule has 440 valence electrons. The molecule has 0 fully saturated rings. The molecule has 9 aromatic carbocycles. The average Bonchev–Trinajstić information content (AvgIpc) is 1.12. The molecule has 0 amide bonds. The molecule has 8 nitrogen and oxygen atoms in total. The Morgan fingerprint density at radius 3 is 1.59 bits per heavy atom. The summed E-state index contributed by atoms with van der Waals surface area (Å²) >= 11 is 0. The lowest BCUT2D eigenvalue weighted by molar-refractivity contribution is 0.154. The predicted molar refractivity (Wildman–Crippen MR) is 381 cm³/mol. The second-order valence-electron chi connectivity index (χ2n) is 23.6. The smallest absolute Gasteiger partial charge is 0.220 e. The first kappa shape index (κ1) is 44.3. The van der Waals surface area contributed by atoms with Crippen LogP contribution in [0.5, 0.6) is 5.75 Å². The van der Waals surface area contributed by atoms with Gasteiger partial charge in [-0.15, -0.1) is 0 Å². The predicted octanol–water partition coefficient (Wildman–Crippen LogP) is 14.9. The van der Waals surface area contributed by atoms with E-state index in [0.29, 0.717) is 46.1 Å². The molecule has 0 saturated heterocycles. The van der Waals surface area contributed by atoms with Crippen LogP contribution in [0.1, 0.15) is 40.5 Å². The van der Waals surface area contributed by atoms with Gasteiger partial charge in [-0.2, -0.15) is 0 Å². The van der Waals surface area contributed by atoms with Crippen molar-refractivity contribution in [2.24, 2.45) is 5.92 Å². The lowest BCUT2D eigenvalue weighted by Gasteiger charge is -2.61. The second kappa shape index (κ2) is 22.4. The molecule has 91 heavy (non-hydrogen) atoms. The summed E-state index contributed by atoms with van der Waals surface area (Å²) in [5, 5.41) is 2.95. The fourth-order valence-electron chi connectivity index (χ4n) is 14.6. The summed E-state index contributed by atoms with van der Waals surface area (Å²) in [7, 11) is -17.8. The monoisotopic (exact) mass is 1240 g/mol. The summed E-state index contributed by atoms with van der Waals surface area (Å²) in [6.45, 7) is -15.5. The number of imidazole rings is 2. The largest absolute Gasteiger partial charge is 0.486 e. The van der Waals surface area contributed by atoms with Gasteiger partial charge in [0, 0.05) is 49.4 Å². The van der Waals surface area contributed by atoms with Crippen molar-refractivity contribution in [3.63, 3.8) is 0 Å². The van der Waals surface area contributed by atoms with Crippen LogP contribution in [0.4, 0.5) is 0 Å². The van der Waals surface area contributed by atoms with Gasteiger partial charge >= 0.3 is 0 Å². The minimum absolute atomic E-state index is 0.118. The van der Waals surface area contributed by atoms with Gasteiger partial charge in [-0.1, -0.05) is 269 Å². The summed E-state index contributed by atoms with van der Waals surface area (Å²) < 4.78 is 140. The summed E-state index contributed by atoms with van der Waals surface area (Å²) in [5.74, 6) is -1.31. The number of benzene rings is 9. The first-order valence-corrected chi connectivity index (χ1v) is 36.7. The van der Waals surface area contributed by atoms with Crippen molar-refractivity contribution >= 4 is 84.1 Å². The molecule has 3 unspecified atom stereocenters. The molecule has 13 aromatic rings. The van der Waals surface area contributed by atoms with Crippen molar-refractivity contribution in [2.45, 2.75) is 49.5 Å². The van der Waals surface area contributed by atoms with E-state index in [1.54, 1.807) is 127 Å². The molecular weight excluding hydrogens is 1160 g/mol. The van der Waals surface area contributed by atoms with E-state index < -0.39 is 77.7 Å². The van der Waals surface area contributed by atoms with Crippen molar-refractivity contribution in [1.82, 2.24) is 33.9 Å². The molecule has 0 saturated carbocycles. The number of fused-ring (bicyclic) bond motifs is 7. The molecule has 3 atom stereocenters. The van der Waals surface area contributed by atoms with E-state index >= 15 is 0 Å². The minimum Gasteiger partial charge on any atom is -0.486 e. The van der Waals surface area contributed by atoms with Gasteiger partial charge in [-0.25, -0.2) is 24.9 Å². The van der Waals surface area contributed by atoms with E-state index in [1.165, 1.54) is 6.07 Å². The van der Waals surface area contributed by atoms with E-state index in [-0.39, 0.29) is 34.1 Å². The van der Waals surface area contributed by atoms with Crippen molar-refractivity contribution < 1.29 is 21.2 Å². The maximum atomic E-state index is 10.9. The topological polar surface area (TPSA) is 83.0 Å². The number of rotatable bonds is 13. The molecule has 0 radical (unpaired) electrons. The third-order valence-corrected chi connectivity index (χ3v) is 31.1. The van der Waals surface area contributed by atoms with Crippen LogP contribution in [0, 0.1) is 5.92 Å². The fourth-order valence-corrected chi connectivity index (χ4v) is 27.2. The Morgan fingerprint density at radius 2 is 1.00 bits per heavy atom. The first-order chi connectivity index (χ1) is 49.6. The van der Waals surface area contributed by atoms with E-state index in [4.69, 9.17) is 29.7 Å². The van der Waals surface area contributed by atoms with Gasteiger partial charge in [0.15, 0.2) is 8.07 Å². The summed E-state index contributed by atoms with van der Waals surface area (Å²) in [5.41, 5.74) is 5.05. The zero-order chi connectivity index (χ0) is 71.3. The number of hydrogen-bond donors (Lipinski definition) is 0. The Hall–Kier alpha value is -10.2. The van der Waals surface area contributed by atoms with Crippen LogP contribution in [-0.2, 0) is 4.66 Å². The van der Waals surface area contributed by atoms with Crippen molar-refractivity contribution in [3.8, 4) is 45.2 Å². The highest BCUT2D eigenvalue weighted by molar-refractivity contribution is 7.16. The van der Waals surface area contributed by atoms with Gasteiger partial charge in [0.05, 0.1) is 44.8 Å². The fraction of sp³-hybridized carbons (Fsp3) is 0.113. The molecular formula is C80H67N7OSi3. The Labute approximate surface area is 550 Å². The van der Waals surface area contributed by atoms with Crippen LogP contribution in [-0.4, -0.2) is 64.2 Å². The van der Waals surface area contributed by atoms with Gasteiger partial charge in [-0.3, -0.25) is 8.97 Å². The molecule has 4 aromatic heterocycles. The van der Waals surface area contributed by atoms with Crippen LogP contribution in [0.3, 0.4) is 0 Å². The Bertz CT molecular complexity index is 5420. The van der Waals surface area contributed by atoms with Crippen LogP contribution < -0.4 is 31.2 Å². The summed E-state index contributed by atoms with van der Waals surface area (Å²) in [6, 6.07) is 80.6. The van der Waals surface area contributed by atoms with Crippen molar-refractivity contribution in [1.29, 1.82) is 0 Å². The molecule has 0 spiro atoms. The van der Waals surface area contributed by atoms with Crippen molar-refractivity contribution in [2.75, 3.05) is 0 Å². The molecule has 5 heterocycles. The number of hydrogen-bond acceptors (Lipinski definition) is 6. The normalized spacial score (nSPS) is 19.8. The van der Waals surface area contributed by atoms with E-state index in [9.17, 15) is 16.4 Å². The van der Waals surface area contributed by atoms with Crippen LogP contribution in [0.15, 0.2) is 303 Å². The number of ether oxygens (including phenoxy) is 1. The Balaban J connectivity index is 1.10. The van der Waals surface area contributed by atoms with E-state index in [1.807, 2.05) is 115 Å². The zero-order valence-corrected chi connectivity index (χ0v) is 52.4. The van der Waals surface area contributed by atoms with Gasteiger partial charge < -0.3 is 4.74 Å². The van der Waals surface area contributed by atoms with Gasteiger partial charge in [0.1, 0.15) is 38.9 Å². The van der Waals surface area contributed by atoms with E-state index in [0.717, 1.165) is 43.3 Å². The van der Waals surface area contributed by atoms with Crippen molar-refractivity contribution in [3.05, 3.63) is 314 Å². The molecule has 3 aliphatic rings. The first-order valence-electron chi connectivity index (χ1n) is 36.7. The molecule has 2 aliphatic carbocycles. The molecule has 1 aliphatic heterocycles. The highest BCUT2D eigenvalue weighted by Gasteiger charge is 2.70. The number of allylic oxidation sites excluding steroid dienone is 6. The van der Waals surface area contributed by atoms with E-state index in [2.05, 4.69) is 57.5 Å². The third kappa shape index (κ3) is 8.92. The number of para-hydroxylation sites is 5. The lowest BCUT2D eigenvalue weighted by Crippen LogP contribution is -2.82. The van der Waals surface area contributed by atoms with Gasteiger partial charge in [-0.05, 0) is 99.3 Å². The molecule has 0 N–H and O–H groups in total. The zero-order valence-electron chi connectivity index (χ0n) is 61.4. The quantitative estimate of drug-likeness (QED) is 0.0845.